The molecule has 106 valence electrons. The average Bonchev–Trinajstić information content (AvgIpc) is 2.32. The number of halogens is 1. The molecule has 1 aromatic carbocycles. The highest BCUT2D eigenvalue weighted by molar-refractivity contribution is 7.89. The minimum atomic E-state index is -3.96. The maximum Gasteiger partial charge on any atom is 0.307 e. The normalized spacial score (nSPS) is 11.3. The van der Waals surface area contributed by atoms with Gasteiger partial charge in [0.15, 0.2) is 0 Å². The summed E-state index contributed by atoms with van der Waals surface area (Å²) in [5.74, 6) is -1.33. The van der Waals surface area contributed by atoms with Crippen LogP contribution < -0.4 is 4.72 Å². The fourth-order valence-corrected chi connectivity index (χ4v) is 2.61. The minimum Gasteiger partial charge on any atom is -0.466 e. The highest BCUT2D eigenvalue weighted by atomic mass is 32.2. The zero-order chi connectivity index (χ0) is 14.5. The van der Waals surface area contributed by atoms with E-state index in [2.05, 4.69) is 9.46 Å². The number of esters is 1. The maximum absolute atomic E-state index is 13.5. The fraction of sp³-hybridized carbons (Fsp3) is 0.417. The van der Waals surface area contributed by atoms with Crippen molar-refractivity contribution in [1.82, 2.24) is 4.72 Å². The highest BCUT2D eigenvalue weighted by Crippen LogP contribution is 2.15. The maximum atomic E-state index is 13.5. The van der Waals surface area contributed by atoms with Gasteiger partial charge in [0.25, 0.3) is 0 Å². The first-order chi connectivity index (χ1) is 8.86. The summed E-state index contributed by atoms with van der Waals surface area (Å²) in [6.07, 6.45) is -0.0967. The van der Waals surface area contributed by atoms with E-state index in [-0.39, 0.29) is 19.6 Å². The SMILES string of the molecule is CCOC(=O)CCNS(=O)(=O)c1cc(C)ccc1F. The van der Waals surface area contributed by atoms with Crippen LogP contribution in [0, 0.1) is 12.7 Å². The average molecular weight is 289 g/mol. The van der Waals surface area contributed by atoms with Gasteiger partial charge >= 0.3 is 5.97 Å². The molecule has 0 radical (unpaired) electrons. The van der Waals surface area contributed by atoms with Gasteiger partial charge in [-0.2, -0.15) is 0 Å². The lowest BCUT2D eigenvalue weighted by Crippen LogP contribution is -2.27. The molecule has 1 rings (SSSR count). The van der Waals surface area contributed by atoms with Crippen LogP contribution in [0.5, 0.6) is 0 Å². The van der Waals surface area contributed by atoms with Crippen molar-refractivity contribution in [3.05, 3.63) is 29.6 Å². The molecule has 5 nitrogen and oxygen atoms in total. The summed E-state index contributed by atoms with van der Waals surface area (Å²) in [6.45, 7) is 3.42. The number of ether oxygens (including phenoxy) is 1. The minimum absolute atomic E-state index is 0.0967. The van der Waals surface area contributed by atoms with Gasteiger partial charge in [-0.25, -0.2) is 17.5 Å². The van der Waals surface area contributed by atoms with Crippen molar-refractivity contribution in [2.24, 2.45) is 0 Å². The largest absolute Gasteiger partial charge is 0.466 e. The third-order valence-electron chi connectivity index (χ3n) is 2.30. The van der Waals surface area contributed by atoms with Crippen LogP contribution in [-0.4, -0.2) is 27.5 Å². The summed E-state index contributed by atoms with van der Waals surface area (Å²) < 4.78 is 44.0. The van der Waals surface area contributed by atoms with Crippen LogP contribution in [0.1, 0.15) is 18.9 Å². The summed E-state index contributed by atoms with van der Waals surface area (Å²) in [5.41, 5.74) is 0.632. The summed E-state index contributed by atoms with van der Waals surface area (Å²) in [6, 6.07) is 3.81. The van der Waals surface area contributed by atoms with Crippen molar-refractivity contribution < 1.29 is 22.3 Å². The molecular weight excluding hydrogens is 273 g/mol. The van der Waals surface area contributed by atoms with Crippen LogP contribution in [0.2, 0.25) is 0 Å². The van der Waals surface area contributed by atoms with E-state index in [1.807, 2.05) is 0 Å². The quantitative estimate of drug-likeness (QED) is 0.803. The number of aryl methyl sites for hydroxylation is 1. The van der Waals surface area contributed by atoms with E-state index in [1.54, 1.807) is 13.8 Å². The van der Waals surface area contributed by atoms with Crippen molar-refractivity contribution in [2.45, 2.75) is 25.2 Å². The first-order valence-electron chi connectivity index (χ1n) is 5.78. The Hall–Kier alpha value is -1.47. The molecular formula is C12H16FNO4S. The van der Waals surface area contributed by atoms with Crippen LogP contribution >= 0.6 is 0 Å². The molecule has 7 heteroatoms. The summed E-state index contributed by atoms with van der Waals surface area (Å²) in [4.78, 5) is 10.6. The second-order valence-electron chi connectivity index (χ2n) is 3.89. The standard InChI is InChI=1S/C12H16FNO4S/c1-3-18-12(15)6-7-14-19(16,17)11-8-9(2)4-5-10(11)13/h4-5,8,14H,3,6-7H2,1-2H3. The van der Waals surface area contributed by atoms with E-state index < -0.39 is 26.7 Å². The molecule has 0 aliphatic rings. The number of carbonyl (C=O) groups excluding carboxylic acids is 1. The number of rotatable bonds is 6. The van der Waals surface area contributed by atoms with Gasteiger partial charge in [-0.3, -0.25) is 4.79 Å². The number of hydrogen-bond donors (Lipinski definition) is 1. The zero-order valence-corrected chi connectivity index (χ0v) is 11.6. The summed E-state index contributed by atoms with van der Waals surface area (Å²) in [5, 5.41) is 0. The molecule has 0 spiro atoms. The Morgan fingerprint density at radius 1 is 1.42 bits per heavy atom. The molecule has 0 fully saturated rings. The molecule has 19 heavy (non-hydrogen) atoms. The fourth-order valence-electron chi connectivity index (χ4n) is 1.41. The van der Waals surface area contributed by atoms with Gasteiger partial charge in [0.1, 0.15) is 10.7 Å². The Kier molecular flexibility index (Phi) is 5.44. The number of carbonyl (C=O) groups is 1. The van der Waals surface area contributed by atoms with Crippen molar-refractivity contribution >= 4 is 16.0 Å². The molecule has 0 atom stereocenters. The van der Waals surface area contributed by atoms with Gasteiger partial charge in [-0.05, 0) is 31.5 Å². The van der Waals surface area contributed by atoms with Crippen molar-refractivity contribution in [1.29, 1.82) is 0 Å². The topological polar surface area (TPSA) is 72.5 Å². The number of nitrogens with one attached hydrogen (secondary N) is 1. The number of benzene rings is 1. The first kappa shape index (κ1) is 15.6. The molecule has 0 aliphatic heterocycles. The zero-order valence-electron chi connectivity index (χ0n) is 10.8. The Morgan fingerprint density at radius 3 is 2.74 bits per heavy atom. The molecule has 0 heterocycles. The molecule has 0 saturated heterocycles. The lowest BCUT2D eigenvalue weighted by Gasteiger charge is -2.08. The van der Waals surface area contributed by atoms with E-state index in [0.29, 0.717) is 5.56 Å². The lowest BCUT2D eigenvalue weighted by atomic mass is 10.2. The third kappa shape index (κ3) is 4.60. The van der Waals surface area contributed by atoms with Gasteiger partial charge < -0.3 is 4.74 Å². The summed E-state index contributed by atoms with van der Waals surface area (Å²) in [7, 11) is -3.96. The van der Waals surface area contributed by atoms with Gasteiger partial charge in [0, 0.05) is 6.54 Å². The number of sulfonamides is 1. The lowest BCUT2D eigenvalue weighted by molar-refractivity contribution is -0.142. The van der Waals surface area contributed by atoms with Crippen molar-refractivity contribution in [3.8, 4) is 0 Å². The molecule has 1 N–H and O–H groups in total. The first-order valence-corrected chi connectivity index (χ1v) is 7.26. The third-order valence-corrected chi connectivity index (χ3v) is 3.78. The number of hydrogen-bond acceptors (Lipinski definition) is 4. The van der Waals surface area contributed by atoms with Crippen LogP contribution in [-0.2, 0) is 19.6 Å². The Labute approximate surface area is 111 Å². The van der Waals surface area contributed by atoms with E-state index >= 15 is 0 Å². The van der Waals surface area contributed by atoms with Crippen molar-refractivity contribution in [2.75, 3.05) is 13.2 Å². The molecule has 0 aliphatic carbocycles. The molecule has 0 saturated carbocycles. The Bertz CT molecular complexity index is 557. The molecule has 0 unspecified atom stereocenters. The van der Waals surface area contributed by atoms with Crippen LogP contribution in [0.3, 0.4) is 0 Å². The summed E-state index contributed by atoms with van der Waals surface area (Å²) >= 11 is 0. The Balaban J connectivity index is 2.71. The van der Waals surface area contributed by atoms with Crippen LogP contribution in [0.15, 0.2) is 23.1 Å². The van der Waals surface area contributed by atoms with Gasteiger partial charge in [-0.15, -0.1) is 0 Å². The molecule has 0 aromatic heterocycles. The van der Waals surface area contributed by atoms with Crippen molar-refractivity contribution in [3.63, 3.8) is 0 Å². The van der Waals surface area contributed by atoms with E-state index in [9.17, 15) is 17.6 Å². The van der Waals surface area contributed by atoms with Crippen LogP contribution in [0.25, 0.3) is 0 Å². The highest BCUT2D eigenvalue weighted by Gasteiger charge is 2.19. The van der Waals surface area contributed by atoms with Gasteiger partial charge in [-0.1, -0.05) is 6.07 Å². The van der Waals surface area contributed by atoms with E-state index in [1.165, 1.54) is 12.1 Å². The molecule has 0 bridgehead atoms. The van der Waals surface area contributed by atoms with E-state index in [0.717, 1.165) is 6.07 Å². The second kappa shape index (κ2) is 6.63. The predicted octanol–water partition coefficient (Wildman–Crippen LogP) is 1.37. The van der Waals surface area contributed by atoms with Gasteiger partial charge in [0.05, 0.1) is 13.0 Å². The second-order valence-corrected chi connectivity index (χ2v) is 5.62. The predicted molar refractivity (Wildman–Crippen MR) is 67.6 cm³/mol. The van der Waals surface area contributed by atoms with Gasteiger partial charge in [0.2, 0.25) is 10.0 Å². The van der Waals surface area contributed by atoms with Crippen LogP contribution in [0.4, 0.5) is 4.39 Å². The monoisotopic (exact) mass is 289 g/mol. The smallest absolute Gasteiger partial charge is 0.307 e. The molecule has 0 amide bonds. The molecule has 1 aromatic rings. The Morgan fingerprint density at radius 2 is 2.11 bits per heavy atom. The van der Waals surface area contributed by atoms with E-state index in [4.69, 9.17) is 0 Å².